The van der Waals surface area contributed by atoms with Gasteiger partial charge in [0.15, 0.2) is 0 Å². The van der Waals surface area contributed by atoms with Gasteiger partial charge in [0, 0.05) is 17.0 Å². The van der Waals surface area contributed by atoms with Crippen LogP contribution in [0.25, 0.3) is 0 Å². The number of benzene rings is 1. The van der Waals surface area contributed by atoms with Crippen molar-refractivity contribution < 1.29 is 4.74 Å². The van der Waals surface area contributed by atoms with Crippen LogP contribution in [-0.4, -0.2) is 6.61 Å². The molecule has 3 rings (SSSR count). The van der Waals surface area contributed by atoms with Crippen molar-refractivity contribution in [1.82, 2.24) is 0 Å². The fourth-order valence-corrected chi connectivity index (χ4v) is 2.65. The van der Waals surface area contributed by atoms with Crippen molar-refractivity contribution >= 4 is 0 Å². The first-order valence-electron chi connectivity index (χ1n) is 6.45. The van der Waals surface area contributed by atoms with Crippen molar-refractivity contribution in [3.05, 3.63) is 29.3 Å². The molecule has 2 N–H and O–H groups in total. The third-order valence-corrected chi connectivity index (χ3v) is 4.28. The van der Waals surface area contributed by atoms with Gasteiger partial charge < -0.3 is 10.5 Å². The largest absolute Gasteiger partial charge is 0.493 e. The molecule has 1 saturated carbocycles. The van der Waals surface area contributed by atoms with Crippen molar-refractivity contribution in [2.75, 3.05) is 6.61 Å². The van der Waals surface area contributed by atoms with E-state index in [1.807, 2.05) is 0 Å². The van der Waals surface area contributed by atoms with E-state index in [1.54, 1.807) is 0 Å². The number of rotatable bonds is 0. The summed E-state index contributed by atoms with van der Waals surface area (Å²) < 4.78 is 5.86. The van der Waals surface area contributed by atoms with E-state index in [1.165, 1.54) is 24.0 Å². The van der Waals surface area contributed by atoms with Crippen LogP contribution < -0.4 is 10.5 Å². The molecule has 0 radical (unpaired) electrons. The van der Waals surface area contributed by atoms with E-state index in [9.17, 15) is 0 Å². The lowest BCUT2D eigenvalue weighted by molar-refractivity contribution is 0.177. The average Bonchev–Trinajstić information content (AvgIpc) is 3.04. The molecule has 1 unspecified atom stereocenters. The molecule has 1 spiro atoms. The first kappa shape index (κ1) is 11.1. The van der Waals surface area contributed by atoms with Crippen molar-refractivity contribution in [2.24, 2.45) is 11.1 Å². The van der Waals surface area contributed by atoms with E-state index >= 15 is 0 Å². The lowest BCUT2D eigenvalue weighted by atomic mass is 9.82. The quantitative estimate of drug-likeness (QED) is 0.744. The van der Waals surface area contributed by atoms with Crippen LogP contribution in [0.4, 0.5) is 0 Å². The Bertz CT molecular complexity index is 454. The summed E-state index contributed by atoms with van der Waals surface area (Å²) in [6, 6.07) is 6.66. The van der Waals surface area contributed by atoms with Gasteiger partial charge >= 0.3 is 0 Å². The molecule has 1 aromatic carbocycles. The molecule has 92 valence electrons. The number of nitrogens with two attached hydrogens (primary N) is 1. The zero-order valence-corrected chi connectivity index (χ0v) is 10.9. The van der Waals surface area contributed by atoms with E-state index in [4.69, 9.17) is 10.5 Å². The highest BCUT2D eigenvalue weighted by atomic mass is 16.5. The molecule has 0 amide bonds. The number of ether oxygens (including phenoxy) is 1. The highest BCUT2D eigenvalue weighted by molar-refractivity contribution is 5.44. The van der Waals surface area contributed by atoms with Gasteiger partial charge in [-0.1, -0.05) is 26.8 Å². The van der Waals surface area contributed by atoms with Crippen LogP contribution in [0.1, 0.15) is 50.8 Å². The highest BCUT2D eigenvalue weighted by Gasteiger charge is 2.52. The van der Waals surface area contributed by atoms with Crippen LogP contribution in [-0.2, 0) is 5.41 Å². The van der Waals surface area contributed by atoms with Crippen LogP contribution in [0.15, 0.2) is 18.2 Å². The second-order valence-corrected chi connectivity index (χ2v) is 6.63. The summed E-state index contributed by atoms with van der Waals surface area (Å²) in [4.78, 5) is 0. The predicted molar refractivity (Wildman–Crippen MR) is 69.2 cm³/mol. The number of hydrogen-bond donors (Lipinski definition) is 1. The van der Waals surface area contributed by atoms with Crippen LogP contribution in [0, 0.1) is 5.41 Å². The third kappa shape index (κ3) is 1.66. The predicted octanol–water partition coefficient (Wildman–Crippen LogP) is 3.16. The molecule has 1 fully saturated rings. The van der Waals surface area contributed by atoms with Crippen molar-refractivity contribution in [2.45, 2.75) is 45.1 Å². The monoisotopic (exact) mass is 231 g/mol. The molecule has 0 aromatic heterocycles. The summed E-state index contributed by atoms with van der Waals surface area (Å²) in [6.07, 6.45) is 2.43. The van der Waals surface area contributed by atoms with Gasteiger partial charge in [0.2, 0.25) is 0 Å². The smallest absolute Gasteiger partial charge is 0.124 e. The maximum Gasteiger partial charge on any atom is 0.124 e. The highest BCUT2D eigenvalue weighted by Crippen LogP contribution is 2.57. The Morgan fingerprint density at radius 3 is 2.59 bits per heavy atom. The Balaban J connectivity index is 2.04. The minimum atomic E-state index is 0.161. The Morgan fingerprint density at radius 1 is 1.29 bits per heavy atom. The zero-order chi connectivity index (χ0) is 12.3. The Kier molecular flexibility index (Phi) is 2.13. The first-order valence-corrected chi connectivity index (χ1v) is 6.45. The van der Waals surface area contributed by atoms with Gasteiger partial charge in [-0.3, -0.25) is 0 Å². The van der Waals surface area contributed by atoms with Gasteiger partial charge in [-0.15, -0.1) is 0 Å². The van der Waals surface area contributed by atoms with E-state index < -0.39 is 0 Å². The molecule has 1 heterocycles. The second kappa shape index (κ2) is 3.26. The van der Waals surface area contributed by atoms with Crippen LogP contribution in [0.5, 0.6) is 5.75 Å². The summed E-state index contributed by atoms with van der Waals surface area (Å²) in [5.74, 6) is 0.989. The van der Waals surface area contributed by atoms with E-state index in [2.05, 4.69) is 39.0 Å². The minimum Gasteiger partial charge on any atom is -0.493 e. The molecule has 0 saturated heterocycles. The Morgan fingerprint density at radius 2 is 2.00 bits per heavy atom. The average molecular weight is 231 g/mol. The van der Waals surface area contributed by atoms with Crippen LogP contribution in [0.2, 0.25) is 0 Å². The van der Waals surface area contributed by atoms with Gasteiger partial charge in [0.25, 0.3) is 0 Å². The van der Waals surface area contributed by atoms with E-state index in [0.29, 0.717) is 0 Å². The van der Waals surface area contributed by atoms with E-state index in [-0.39, 0.29) is 16.9 Å². The summed E-state index contributed by atoms with van der Waals surface area (Å²) in [7, 11) is 0. The zero-order valence-electron chi connectivity index (χ0n) is 10.9. The summed E-state index contributed by atoms with van der Waals surface area (Å²) >= 11 is 0. The van der Waals surface area contributed by atoms with Gasteiger partial charge in [-0.05, 0) is 36.0 Å². The van der Waals surface area contributed by atoms with E-state index in [0.717, 1.165) is 12.4 Å². The summed E-state index contributed by atoms with van der Waals surface area (Å²) in [5.41, 5.74) is 9.39. The Labute approximate surface area is 103 Å². The fraction of sp³-hybridized carbons (Fsp3) is 0.600. The molecular weight excluding hydrogens is 210 g/mol. The number of hydrogen-bond acceptors (Lipinski definition) is 2. The summed E-state index contributed by atoms with van der Waals surface area (Å²) in [6.45, 7) is 7.50. The molecule has 1 aliphatic heterocycles. The molecule has 17 heavy (non-hydrogen) atoms. The molecule has 0 bridgehead atoms. The maximum absolute atomic E-state index is 6.42. The molecule has 1 atom stereocenters. The maximum atomic E-state index is 6.42. The second-order valence-electron chi connectivity index (χ2n) is 6.63. The first-order chi connectivity index (χ1) is 7.92. The molecule has 2 aliphatic rings. The normalized spacial score (nSPS) is 25.3. The third-order valence-electron chi connectivity index (χ3n) is 4.28. The van der Waals surface area contributed by atoms with Gasteiger partial charge in [-0.25, -0.2) is 0 Å². The lowest BCUT2D eigenvalue weighted by Crippen LogP contribution is -2.33. The Hall–Kier alpha value is -1.02. The van der Waals surface area contributed by atoms with Crippen molar-refractivity contribution in [3.63, 3.8) is 0 Å². The van der Waals surface area contributed by atoms with Crippen molar-refractivity contribution in [1.29, 1.82) is 0 Å². The van der Waals surface area contributed by atoms with Crippen molar-refractivity contribution in [3.8, 4) is 5.75 Å². The lowest BCUT2D eigenvalue weighted by Gasteiger charge is -2.33. The standard InChI is InChI=1S/C15H21NO/c1-14(2,3)10-4-5-12-11(8-10)13(16)15(6-7-15)9-17-12/h4-5,8,13H,6-7,9,16H2,1-3H3. The molecule has 2 nitrogen and oxygen atoms in total. The molecule has 1 aromatic rings. The minimum absolute atomic E-state index is 0.161. The molecule has 2 heteroatoms. The van der Waals surface area contributed by atoms with Gasteiger partial charge in [0.1, 0.15) is 5.75 Å². The molecular formula is C15H21NO. The fourth-order valence-electron chi connectivity index (χ4n) is 2.65. The van der Waals surface area contributed by atoms with Gasteiger partial charge in [-0.2, -0.15) is 0 Å². The SMILES string of the molecule is CC(C)(C)c1ccc2c(c1)C(N)C1(CC1)CO2. The summed E-state index contributed by atoms with van der Waals surface area (Å²) in [5, 5.41) is 0. The van der Waals surface area contributed by atoms with Crippen LogP contribution in [0.3, 0.4) is 0 Å². The molecule has 1 aliphatic carbocycles. The van der Waals surface area contributed by atoms with Gasteiger partial charge in [0.05, 0.1) is 6.61 Å². The number of fused-ring (bicyclic) bond motifs is 1. The topological polar surface area (TPSA) is 35.2 Å². The van der Waals surface area contributed by atoms with Crippen LogP contribution >= 0.6 is 0 Å².